The molecule has 0 rings (SSSR count). The molecule has 0 aromatic carbocycles. The summed E-state index contributed by atoms with van der Waals surface area (Å²) in [7, 11) is 0. The fourth-order valence-electron chi connectivity index (χ4n) is 6.07. The molecule has 0 saturated heterocycles. The summed E-state index contributed by atoms with van der Waals surface area (Å²) in [6.45, 7) is 6.31. The van der Waals surface area contributed by atoms with Crippen LogP contribution in [0.4, 0.5) is 0 Å². The Hall–Kier alpha value is -3.67. The Morgan fingerprint density at radius 2 is 0.661 bits per heavy atom. The van der Waals surface area contributed by atoms with Gasteiger partial charge in [0.1, 0.15) is 13.2 Å². The summed E-state index contributed by atoms with van der Waals surface area (Å²) in [5.41, 5.74) is 0. The van der Waals surface area contributed by atoms with Crippen molar-refractivity contribution in [1.29, 1.82) is 0 Å². The van der Waals surface area contributed by atoms with Crippen LogP contribution in [-0.4, -0.2) is 37.2 Å². The van der Waals surface area contributed by atoms with Crippen molar-refractivity contribution in [2.45, 2.75) is 207 Å². The van der Waals surface area contributed by atoms with Crippen molar-refractivity contribution in [3.63, 3.8) is 0 Å². The first-order valence-electron chi connectivity index (χ1n) is 23.7. The Bertz CT molecular complexity index is 1220. The van der Waals surface area contributed by atoms with Gasteiger partial charge < -0.3 is 14.2 Å². The summed E-state index contributed by atoms with van der Waals surface area (Å²) < 4.78 is 16.7. The number of hydrogen-bond acceptors (Lipinski definition) is 6. The molecule has 59 heavy (non-hydrogen) atoms. The van der Waals surface area contributed by atoms with Gasteiger partial charge in [-0.25, -0.2) is 0 Å². The lowest BCUT2D eigenvalue weighted by Crippen LogP contribution is -2.30. The fourth-order valence-corrected chi connectivity index (χ4v) is 6.07. The standard InChI is InChI=1S/C53H86O6/c1-4-7-10-13-16-19-22-24-26-28-31-34-37-40-43-46-52(55)58-49-50(48-57-51(54)45-42-39-36-33-30-21-18-15-12-9-6-3)59-53(56)47-44-41-38-35-32-29-27-25-23-20-17-14-11-8-5-2/h7-8,10-11,16-17,19-20,24-27,31-32,34-35,50H,4-6,9,12-15,18,21-23,28-30,33,36-49H2,1-3H3/b10-7-,11-8-,19-16-,20-17-,26-24-,27-25-,34-31-,35-32-/t50-/m0/s1. The van der Waals surface area contributed by atoms with Crippen molar-refractivity contribution in [3.8, 4) is 0 Å². The van der Waals surface area contributed by atoms with Crippen LogP contribution in [0, 0.1) is 0 Å². The zero-order chi connectivity index (χ0) is 43.0. The number of carbonyl (C=O) groups excluding carboxylic acids is 3. The monoisotopic (exact) mass is 819 g/mol. The second-order valence-electron chi connectivity index (χ2n) is 15.3. The van der Waals surface area contributed by atoms with Crippen LogP contribution in [0.2, 0.25) is 0 Å². The van der Waals surface area contributed by atoms with Gasteiger partial charge in [0.15, 0.2) is 6.10 Å². The molecule has 0 heterocycles. The molecule has 0 aliphatic heterocycles. The molecule has 1 atom stereocenters. The second-order valence-corrected chi connectivity index (χ2v) is 15.3. The Morgan fingerprint density at radius 1 is 0.356 bits per heavy atom. The highest BCUT2D eigenvalue weighted by molar-refractivity contribution is 5.71. The molecule has 0 N–H and O–H groups in total. The van der Waals surface area contributed by atoms with E-state index in [0.29, 0.717) is 25.7 Å². The number of rotatable bonds is 41. The summed E-state index contributed by atoms with van der Waals surface area (Å²) >= 11 is 0. The maximum absolute atomic E-state index is 12.7. The van der Waals surface area contributed by atoms with Gasteiger partial charge in [-0.05, 0) is 96.3 Å². The molecule has 0 amide bonds. The van der Waals surface area contributed by atoms with Gasteiger partial charge in [0.25, 0.3) is 0 Å². The Kier molecular flexibility index (Phi) is 44.1. The summed E-state index contributed by atoms with van der Waals surface area (Å²) in [5, 5.41) is 0. The molecular weight excluding hydrogens is 733 g/mol. The molecule has 0 aliphatic rings. The smallest absolute Gasteiger partial charge is 0.306 e. The molecule has 0 unspecified atom stereocenters. The van der Waals surface area contributed by atoms with Crippen LogP contribution in [0.5, 0.6) is 0 Å². The van der Waals surface area contributed by atoms with Gasteiger partial charge in [0.2, 0.25) is 0 Å². The van der Waals surface area contributed by atoms with Crippen LogP contribution >= 0.6 is 0 Å². The third kappa shape index (κ3) is 45.3. The number of allylic oxidation sites excluding steroid dienone is 16. The van der Waals surface area contributed by atoms with E-state index in [1.54, 1.807) is 0 Å². The van der Waals surface area contributed by atoms with Crippen molar-refractivity contribution in [2.75, 3.05) is 13.2 Å². The zero-order valence-corrected chi connectivity index (χ0v) is 38.0. The van der Waals surface area contributed by atoms with E-state index < -0.39 is 6.10 Å². The molecule has 0 fully saturated rings. The minimum Gasteiger partial charge on any atom is -0.462 e. The van der Waals surface area contributed by atoms with Crippen LogP contribution in [0.15, 0.2) is 97.2 Å². The topological polar surface area (TPSA) is 78.9 Å². The average molecular weight is 819 g/mol. The molecule has 0 saturated carbocycles. The number of esters is 3. The van der Waals surface area contributed by atoms with E-state index in [0.717, 1.165) is 96.3 Å². The van der Waals surface area contributed by atoms with Gasteiger partial charge in [0.05, 0.1) is 0 Å². The zero-order valence-electron chi connectivity index (χ0n) is 38.0. The van der Waals surface area contributed by atoms with E-state index in [1.807, 2.05) is 0 Å². The summed E-state index contributed by atoms with van der Waals surface area (Å²) in [6.07, 6.45) is 61.1. The van der Waals surface area contributed by atoms with Gasteiger partial charge in [-0.15, -0.1) is 0 Å². The van der Waals surface area contributed by atoms with E-state index >= 15 is 0 Å². The van der Waals surface area contributed by atoms with Crippen LogP contribution in [0.3, 0.4) is 0 Å². The fraction of sp³-hybridized carbons (Fsp3) is 0.642. The van der Waals surface area contributed by atoms with Crippen LogP contribution < -0.4 is 0 Å². The first-order chi connectivity index (χ1) is 29.0. The highest BCUT2D eigenvalue weighted by Gasteiger charge is 2.19. The highest BCUT2D eigenvalue weighted by atomic mass is 16.6. The van der Waals surface area contributed by atoms with E-state index in [1.165, 1.54) is 51.4 Å². The number of carbonyl (C=O) groups is 3. The van der Waals surface area contributed by atoms with Crippen LogP contribution in [0.25, 0.3) is 0 Å². The largest absolute Gasteiger partial charge is 0.462 e. The number of unbranched alkanes of at least 4 members (excludes halogenated alkanes) is 14. The molecule has 0 aromatic rings. The minimum absolute atomic E-state index is 0.107. The van der Waals surface area contributed by atoms with E-state index in [9.17, 15) is 14.4 Å². The minimum atomic E-state index is -0.813. The van der Waals surface area contributed by atoms with Gasteiger partial charge in [-0.2, -0.15) is 0 Å². The first kappa shape index (κ1) is 55.3. The number of hydrogen-bond donors (Lipinski definition) is 0. The quantitative estimate of drug-likeness (QED) is 0.0265. The number of ether oxygens (including phenoxy) is 3. The molecular formula is C53H86O6. The molecule has 6 heteroatoms. The van der Waals surface area contributed by atoms with Crippen molar-refractivity contribution in [3.05, 3.63) is 97.2 Å². The van der Waals surface area contributed by atoms with Crippen molar-refractivity contribution >= 4 is 17.9 Å². The van der Waals surface area contributed by atoms with Crippen LogP contribution in [-0.2, 0) is 28.6 Å². The van der Waals surface area contributed by atoms with Crippen molar-refractivity contribution in [2.24, 2.45) is 0 Å². The second kappa shape index (κ2) is 47.0. The third-order valence-corrected chi connectivity index (χ3v) is 9.58. The Balaban J connectivity index is 4.54. The maximum Gasteiger partial charge on any atom is 0.306 e. The first-order valence-corrected chi connectivity index (χ1v) is 23.7. The Morgan fingerprint density at radius 3 is 1.03 bits per heavy atom. The summed E-state index contributed by atoms with van der Waals surface area (Å²) in [5.74, 6) is -1.00. The van der Waals surface area contributed by atoms with Gasteiger partial charge in [-0.1, -0.05) is 182 Å². The Labute approximate surface area is 362 Å². The lowest BCUT2D eigenvalue weighted by atomic mass is 10.1. The van der Waals surface area contributed by atoms with E-state index in [-0.39, 0.29) is 37.5 Å². The summed E-state index contributed by atoms with van der Waals surface area (Å²) in [6, 6.07) is 0. The summed E-state index contributed by atoms with van der Waals surface area (Å²) in [4.78, 5) is 37.8. The molecule has 0 spiro atoms. The predicted molar refractivity (Wildman–Crippen MR) is 251 cm³/mol. The molecule has 0 radical (unpaired) electrons. The third-order valence-electron chi connectivity index (χ3n) is 9.58. The van der Waals surface area contributed by atoms with E-state index in [2.05, 4.69) is 118 Å². The van der Waals surface area contributed by atoms with Crippen molar-refractivity contribution in [1.82, 2.24) is 0 Å². The molecule has 0 bridgehead atoms. The molecule has 0 aliphatic carbocycles. The van der Waals surface area contributed by atoms with Gasteiger partial charge in [-0.3, -0.25) is 14.4 Å². The van der Waals surface area contributed by atoms with Crippen molar-refractivity contribution < 1.29 is 28.6 Å². The van der Waals surface area contributed by atoms with Gasteiger partial charge in [0, 0.05) is 19.3 Å². The van der Waals surface area contributed by atoms with E-state index in [4.69, 9.17) is 14.2 Å². The lowest BCUT2D eigenvalue weighted by Gasteiger charge is -2.18. The van der Waals surface area contributed by atoms with Crippen LogP contribution in [0.1, 0.15) is 201 Å². The average Bonchev–Trinajstić information content (AvgIpc) is 3.23. The lowest BCUT2D eigenvalue weighted by molar-refractivity contribution is -0.167. The highest BCUT2D eigenvalue weighted by Crippen LogP contribution is 2.13. The molecule has 0 aromatic heterocycles. The van der Waals surface area contributed by atoms with Gasteiger partial charge >= 0.3 is 17.9 Å². The SMILES string of the molecule is CC/C=C\C/C=C\C/C=C\C/C=C\CCCCC(=O)OC[C@H](COC(=O)CCCCCCCCCCCCC)OC(=O)CCCC/C=C\C/C=C\C/C=C\C/C=C\CC. The normalized spacial score (nSPS) is 12.9. The molecule has 6 nitrogen and oxygen atoms in total. The molecule has 334 valence electrons. The maximum atomic E-state index is 12.7. The predicted octanol–water partition coefficient (Wildman–Crippen LogP) is 15.4.